The van der Waals surface area contributed by atoms with Gasteiger partial charge in [0.25, 0.3) is 0 Å². The largest absolute Gasteiger partial charge is 0.299 e. The Morgan fingerprint density at radius 2 is 1.59 bits per heavy atom. The first-order chi connectivity index (χ1) is 8.38. The highest BCUT2D eigenvalue weighted by Crippen LogP contribution is 2.49. The molecule has 0 aromatic heterocycles. The number of carbonyl (C=O) groups is 1. The number of benzene rings is 1. The van der Waals surface area contributed by atoms with Gasteiger partial charge in [-0.05, 0) is 24.3 Å². The van der Waals surface area contributed by atoms with Crippen LogP contribution in [0.25, 0.3) is 0 Å². The van der Waals surface area contributed by atoms with Gasteiger partial charge in [0.2, 0.25) is 0 Å². The van der Waals surface area contributed by atoms with Gasteiger partial charge < -0.3 is 0 Å². The van der Waals surface area contributed by atoms with E-state index in [0.29, 0.717) is 17.6 Å². The van der Waals surface area contributed by atoms with Crippen LogP contribution in [0.5, 0.6) is 0 Å². The van der Waals surface area contributed by atoms with E-state index >= 15 is 0 Å². The fourth-order valence-electron chi connectivity index (χ4n) is 3.66. The molecule has 0 amide bonds. The molecule has 2 saturated carbocycles. The lowest BCUT2D eigenvalue weighted by molar-refractivity contribution is -0.138. The Hall–Kier alpha value is -1.11. The molecule has 90 valence electrons. The Morgan fingerprint density at radius 1 is 0.882 bits per heavy atom. The molecule has 2 fully saturated rings. The molecule has 1 nitrogen and oxygen atoms in total. The van der Waals surface area contributed by atoms with E-state index in [1.807, 2.05) is 6.07 Å². The molecule has 0 spiro atoms. The summed E-state index contributed by atoms with van der Waals surface area (Å²) in [5.41, 5.74) is 1.25. The molecule has 3 atom stereocenters. The van der Waals surface area contributed by atoms with E-state index in [-0.39, 0.29) is 5.92 Å². The smallest absolute Gasteiger partial charge is 0.144 e. The van der Waals surface area contributed by atoms with Crippen molar-refractivity contribution in [3.8, 4) is 0 Å². The molecule has 0 radical (unpaired) electrons. The molecule has 1 aromatic carbocycles. The van der Waals surface area contributed by atoms with E-state index < -0.39 is 0 Å². The lowest BCUT2D eigenvalue weighted by Crippen LogP contribution is -2.46. The molecule has 1 unspecified atom stereocenters. The van der Waals surface area contributed by atoms with Gasteiger partial charge in [0.05, 0.1) is 0 Å². The highest BCUT2D eigenvalue weighted by atomic mass is 16.1. The van der Waals surface area contributed by atoms with E-state index in [4.69, 9.17) is 0 Å². The van der Waals surface area contributed by atoms with Crippen molar-refractivity contribution in [2.45, 2.75) is 44.4 Å². The van der Waals surface area contributed by atoms with Crippen LogP contribution in [0.1, 0.15) is 50.0 Å². The number of ketones is 1. The molecule has 0 heterocycles. The van der Waals surface area contributed by atoms with Gasteiger partial charge in [0.1, 0.15) is 5.78 Å². The third-order valence-electron chi connectivity index (χ3n) is 4.58. The molecule has 0 saturated heterocycles. The predicted molar refractivity (Wildman–Crippen MR) is 68.9 cm³/mol. The third-order valence-corrected chi connectivity index (χ3v) is 4.58. The zero-order chi connectivity index (χ0) is 11.7. The first kappa shape index (κ1) is 11.0. The minimum absolute atomic E-state index is 0.222. The number of rotatable bonds is 1. The highest BCUT2D eigenvalue weighted by molar-refractivity contribution is 5.94. The second-order valence-corrected chi connectivity index (χ2v) is 5.55. The number of hydrogen-bond donors (Lipinski definition) is 0. The van der Waals surface area contributed by atoms with E-state index in [0.717, 1.165) is 6.42 Å². The van der Waals surface area contributed by atoms with Gasteiger partial charge in [-0.3, -0.25) is 4.79 Å². The van der Waals surface area contributed by atoms with Gasteiger partial charge >= 0.3 is 0 Å². The Bertz CT molecular complexity index is 395. The van der Waals surface area contributed by atoms with Crippen LogP contribution in [0.4, 0.5) is 0 Å². The molecule has 0 aliphatic heterocycles. The Labute approximate surface area is 103 Å². The minimum Gasteiger partial charge on any atom is -0.299 e. The van der Waals surface area contributed by atoms with Gasteiger partial charge in [-0.15, -0.1) is 0 Å². The molecule has 1 aromatic rings. The van der Waals surface area contributed by atoms with E-state index in [1.54, 1.807) is 0 Å². The van der Waals surface area contributed by atoms with E-state index in [1.165, 1.54) is 37.7 Å². The predicted octanol–water partition coefficient (Wildman–Crippen LogP) is 3.94. The average molecular weight is 228 g/mol. The highest BCUT2D eigenvalue weighted by Gasteiger charge is 2.49. The lowest BCUT2D eigenvalue weighted by Gasteiger charge is -2.44. The standard InChI is InChI=1S/C16H20O/c17-16-14-11-7-2-1-6-10-13(14)15(16)12-8-4-3-5-9-12/h3-5,8-9,13-15H,1-2,6-7,10-11H2/t13-,14+,15?/m1/s1. The van der Waals surface area contributed by atoms with Crippen molar-refractivity contribution in [2.24, 2.45) is 11.8 Å². The normalized spacial score (nSPS) is 33.2. The van der Waals surface area contributed by atoms with Crippen molar-refractivity contribution in [3.63, 3.8) is 0 Å². The quantitative estimate of drug-likeness (QED) is 0.711. The maximum atomic E-state index is 12.3. The zero-order valence-corrected chi connectivity index (χ0v) is 10.3. The fourth-order valence-corrected chi connectivity index (χ4v) is 3.66. The fraction of sp³-hybridized carbons (Fsp3) is 0.562. The SMILES string of the molecule is O=C1C(c2ccccc2)[C@@H]2CCCCCC[C@H]12. The van der Waals surface area contributed by atoms with Crippen LogP contribution in [-0.2, 0) is 4.79 Å². The van der Waals surface area contributed by atoms with Crippen molar-refractivity contribution in [2.75, 3.05) is 0 Å². The van der Waals surface area contributed by atoms with Crippen LogP contribution >= 0.6 is 0 Å². The van der Waals surface area contributed by atoms with Crippen molar-refractivity contribution in [1.29, 1.82) is 0 Å². The van der Waals surface area contributed by atoms with Gasteiger partial charge in [0.15, 0.2) is 0 Å². The molecule has 17 heavy (non-hydrogen) atoms. The zero-order valence-electron chi connectivity index (χ0n) is 10.3. The molecule has 1 heteroatoms. The summed E-state index contributed by atoms with van der Waals surface area (Å²) in [6.07, 6.45) is 7.67. The first-order valence-corrected chi connectivity index (χ1v) is 6.96. The van der Waals surface area contributed by atoms with Gasteiger partial charge in [-0.25, -0.2) is 0 Å². The van der Waals surface area contributed by atoms with Crippen molar-refractivity contribution < 1.29 is 4.79 Å². The van der Waals surface area contributed by atoms with Gasteiger partial charge in [-0.1, -0.05) is 56.0 Å². The number of carbonyl (C=O) groups excluding carboxylic acids is 1. The monoisotopic (exact) mass is 228 g/mol. The Kier molecular flexibility index (Phi) is 3.00. The Morgan fingerprint density at radius 3 is 2.35 bits per heavy atom. The molecule has 2 aliphatic carbocycles. The molecular weight excluding hydrogens is 208 g/mol. The number of fused-ring (bicyclic) bond motifs is 1. The Balaban J connectivity index is 1.80. The summed E-state index contributed by atoms with van der Waals surface area (Å²) in [5, 5.41) is 0. The van der Waals surface area contributed by atoms with Crippen molar-refractivity contribution in [1.82, 2.24) is 0 Å². The first-order valence-electron chi connectivity index (χ1n) is 6.96. The molecule has 0 N–H and O–H groups in total. The van der Waals surface area contributed by atoms with Crippen LogP contribution in [0.15, 0.2) is 30.3 Å². The number of hydrogen-bond acceptors (Lipinski definition) is 1. The van der Waals surface area contributed by atoms with Crippen LogP contribution in [-0.4, -0.2) is 5.78 Å². The topological polar surface area (TPSA) is 17.1 Å². The van der Waals surface area contributed by atoms with Gasteiger partial charge in [0, 0.05) is 11.8 Å². The molecule has 2 aliphatic rings. The summed E-state index contributed by atoms with van der Waals surface area (Å²) >= 11 is 0. The van der Waals surface area contributed by atoms with Crippen LogP contribution in [0.3, 0.4) is 0 Å². The van der Waals surface area contributed by atoms with Crippen LogP contribution in [0.2, 0.25) is 0 Å². The molecule has 3 rings (SSSR count). The summed E-state index contributed by atoms with van der Waals surface area (Å²) in [6.45, 7) is 0. The minimum atomic E-state index is 0.222. The lowest BCUT2D eigenvalue weighted by atomic mass is 9.57. The summed E-state index contributed by atoms with van der Waals surface area (Å²) < 4.78 is 0. The van der Waals surface area contributed by atoms with Gasteiger partial charge in [-0.2, -0.15) is 0 Å². The van der Waals surface area contributed by atoms with E-state index in [2.05, 4.69) is 24.3 Å². The van der Waals surface area contributed by atoms with Crippen LogP contribution in [0, 0.1) is 11.8 Å². The van der Waals surface area contributed by atoms with Crippen LogP contribution < -0.4 is 0 Å². The second kappa shape index (κ2) is 4.64. The summed E-state index contributed by atoms with van der Waals surface area (Å²) in [6, 6.07) is 10.4. The third kappa shape index (κ3) is 1.92. The van der Waals surface area contributed by atoms with Crippen molar-refractivity contribution in [3.05, 3.63) is 35.9 Å². The molecule has 0 bridgehead atoms. The maximum Gasteiger partial charge on any atom is 0.144 e. The van der Waals surface area contributed by atoms with E-state index in [9.17, 15) is 4.79 Å². The number of Topliss-reactive ketones (excluding diaryl/α,β-unsaturated/α-hetero) is 1. The summed E-state index contributed by atoms with van der Waals surface area (Å²) in [5.74, 6) is 1.77. The maximum absolute atomic E-state index is 12.3. The summed E-state index contributed by atoms with van der Waals surface area (Å²) in [4.78, 5) is 12.3. The summed E-state index contributed by atoms with van der Waals surface area (Å²) in [7, 11) is 0. The van der Waals surface area contributed by atoms with Crippen molar-refractivity contribution >= 4 is 5.78 Å². The average Bonchev–Trinajstić information content (AvgIpc) is 2.34. The second-order valence-electron chi connectivity index (χ2n) is 5.55. The molecular formula is C16H20O.